The number of ketones is 1. The number of halogens is 1. The van der Waals surface area contributed by atoms with Crippen molar-refractivity contribution in [1.29, 1.82) is 0 Å². The van der Waals surface area contributed by atoms with Crippen LogP contribution < -0.4 is 0 Å². The van der Waals surface area contributed by atoms with E-state index >= 15 is 0 Å². The predicted octanol–water partition coefficient (Wildman–Crippen LogP) is 5.59. The number of benzene rings is 2. The second-order valence-electron chi connectivity index (χ2n) is 10.3. The Balaban J connectivity index is 1.17. The van der Waals surface area contributed by atoms with Crippen molar-refractivity contribution in [2.75, 3.05) is 19.6 Å². The number of nitrogens with zero attached hydrogens (tertiary/aromatic N) is 2. The monoisotopic (exact) mass is 475 g/mol. The lowest BCUT2D eigenvalue weighted by Gasteiger charge is -2.34. The highest BCUT2D eigenvalue weighted by molar-refractivity contribution is 5.99. The Morgan fingerprint density at radius 3 is 2.49 bits per heavy atom. The van der Waals surface area contributed by atoms with Crippen molar-refractivity contribution in [3.05, 3.63) is 71.2 Å². The average molecular weight is 476 g/mol. The molecule has 1 amide bonds. The van der Waals surface area contributed by atoms with Crippen molar-refractivity contribution in [2.24, 2.45) is 5.92 Å². The third-order valence-electron chi connectivity index (χ3n) is 7.89. The molecule has 2 aliphatic rings. The number of nitrogens with one attached hydrogen (secondary N) is 1. The van der Waals surface area contributed by atoms with Gasteiger partial charge >= 0.3 is 0 Å². The maximum Gasteiger partial charge on any atom is 0.270 e. The van der Waals surface area contributed by atoms with Crippen LogP contribution in [-0.4, -0.2) is 58.2 Å². The van der Waals surface area contributed by atoms with Gasteiger partial charge in [-0.05, 0) is 101 Å². The number of carbonyl (C=O) groups excluding carboxylic acids is 2. The molecule has 5 rings (SSSR count). The number of fused-ring (bicyclic) bond motifs is 1. The molecular weight excluding hydrogens is 441 g/mol. The summed E-state index contributed by atoms with van der Waals surface area (Å²) in [4.78, 5) is 34.1. The third kappa shape index (κ3) is 5.03. The standard InChI is InChI=1S/C29H34FN3O2/c1-19-3-5-23-18-27(31-26(23)17-19)29(35)33-20(2)4-10-25(33)13-16-32-14-11-22(12-15-32)28(34)21-6-8-24(30)9-7-21/h3,5-9,17-18,20,22,25,31H,4,10-16H2,1-2H3. The van der Waals surface area contributed by atoms with Crippen LogP contribution in [0.15, 0.2) is 48.5 Å². The van der Waals surface area contributed by atoms with Gasteiger partial charge in [0.1, 0.15) is 11.5 Å². The molecule has 2 aliphatic heterocycles. The zero-order chi connectivity index (χ0) is 24.5. The fourth-order valence-electron chi connectivity index (χ4n) is 5.82. The molecule has 2 fully saturated rings. The average Bonchev–Trinajstić information content (AvgIpc) is 3.45. The van der Waals surface area contributed by atoms with Crippen LogP contribution in [-0.2, 0) is 0 Å². The first-order valence-corrected chi connectivity index (χ1v) is 12.8. The van der Waals surface area contributed by atoms with E-state index in [4.69, 9.17) is 0 Å². The lowest BCUT2D eigenvalue weighted by molar-refractivity contribution is 0.0643. The van der Waals surface area contributed by atoms with Crippen LogP contribution in [0.2, 0.25) is 0 Å². The molecule has 184 valence electrons. The van der Waals surface area contributed by atoms with Crippen LogP contribution in [0.25, 0.3) is 10.9 Å². The largest absolute Gasteiger partial charge is 0.351 e. The summed E-state index contributed by atoms with van der Waals surface area (Å²) in [6, 6.07) is 14.6. The maximum absolute atomic E-state index is 13.5. The van der Waals surface area contributed by atoms with Crippen molar-refractivity contribution >= 4 is 22.6 Å². The molecule has 2 unspecified atom stereocenters. The van der Waals surface area contributed by atoms with Gasteiger partial charge < -0.3 is 14.8 Å². The first-order valence-electron chi connectivity index (χ1n) is 12.8. The predicted molar refractivity (Wildman–Crippen MR) is 136 cm³/mol. The van der Waals surface area contributed by atoms with E-state index in [0.717, 1.165) is 62.6 Å². The lowest BCUT2D eigenvalue weighted by Crippen LogP contribution is -2.43. The van der Waals surface area contributed by atoms with Gasteiger partial charge in [-0.1, -0.05) is 12.1 Å². The smallest absolute Gasteiger partial charge is 0.270 e. The van der Waals surface area contributed by atoms with Crippen LogP contribution in [0.1, 0.15) is 65.4 Å². The number of likely N-dealkylation sites (tertiary alicyclic amines) is 2. The van der Waals surface area contributed by atoms with E-state index in [1.807, 2.05) is 6.07 Å². The zero-order valence-electron chi connectivity index (χ0n) is 20.6. The summed E-state index contributed by atoms with van der Waals surface area (Å²) in [5.41, 5.74) is 3.46. The molecular formula is C29H34FN3O2. The van der Waals surface area contributed by atoms with Gasteiger partial charge in [0, 0.05) is 41.0 Å². The van der Waals surface area contributed by atoms with Gasteiger partial charge in [-0.15, -0.1) is 0 Å². The molecule has 3 heterocycles. The second-order valence-corrected chi connectivity index (χ2v) is 10.3. The maximum atomic E-state index is 13.5. The highest BCUT2D eigenvalue weighted by atomic mass is 19.1. The topological polar surface area (TPSA) is 56.4 Å². The van der Waals surface area contributed by atoms with E-state index in [0.29, 0.717) is 11.3 Å². The number of Topliss-reactive ketones (excluding diaryl/α,β-unsaturated/α-hetero) is 1. The first-order chi connectivity index (χ1) is 16.9. The van der Waals surface area contributed by atoms with E-state index < -0.39 is 0 Å². The molecule has 5 nitrogen and oxygen atoms in total. The summed E-state index contributed by atoms with van der Waals surface area (Å²) in [5.74, 6) is -0.0891. The number of carbonyl (C=O) groups is 2. The molecule has 2 atom stereocenters. The van der Waals surface area contributed by atoms with Crippen molar-refractivity contribution < 1.29 is 14.0 Å². The number of H-pyrrole nitrogens is 1. The molecule has 0 saturated carbocycles. The van der Waals surface area contributed by atoms with E-state index in [-0.39, 0.29) is 35.5 Å². The van der Waals surface area contributed by atoms with Gasteiger partial charge in [0.15, 0.2) is 5.78 Å². The van der Waals surface area contributed by atoms with E-state index in [1.54, 1.807) is 12.1 Å². The number of piperidine rings is 1. The Labute approximate surface area is 206 Å². The fraction of sp³-hybridized carbons (Fsp3) is 0.448. The van der Waals surface area contributed by atoms with Crippen LogP contribution in [0.4, 0.5) is 4.39 Å². The summed E-state index contributed by atoms with van der Waals surface area (Å²) >= 11 is 0. The van der Waals surface area contributed by atoms with Crippen LogP contribution in [0.3, 0.4) is 0 Å². The Morgan fingerprint density at radius 2 is 1.74 bits per heavy atom. The highest BCUT2D eigenvalue weighted by Crippen LogP contribution is 2.30. The molecule has 3 aromatic rings. The molecule has 35 heavy (non-hydrogen) atoms. The minimum atomic E-state index is -0.315. The third-order valence-corrected chi connectivity index (χ3v) is 7.89. The number of rotatable bonds is 6. The van der Waals surface area contributed by atoms with Crippen molar-refractivity contribution in [2.45, 2.75) is 58.0 Å². The molecule has 0 bridgehead atoms. The summed E-state index contributed by atoms with van der Waals surface area (Å²) in [5, 5.41) is 1.07. The number of hydrogen-bond acceptors (Lipinski definition) is 3. The molecule has 2 saturated heterocycles. The number of aromatic nitrogens is 1. The second kappa shape index (κ2) is 9.94. The first kappa shape index (κ1) is 23.7. The molecule has 6 heteroatoms. The summed E-state index contributed by atoms with van der Waals surface area (Å²) < 4.78 is 13.2. The molecule has 0 aliphatic carbocycles. The summed E-state index contributed by atoms with van der Waals surface area (Å²) in [6.07, 6.45) is 4.67. The van der Waals surface area contributed by atoms with E-state index in [9.17, 15) is 14.0 Å². The lowest BCUT2D eigenvalue weighted by atomic mass is 9.88. The van der Waals surface area contributed by atoms with Gasteiger partial charge in [0.2, 0.25) is 0 Å². The summed E-state index contributed by atoms with van der Waals surface area (Å²) in [6.45, 7) is 6.91. The number of aryl methyl sites for hydroxylation is 1. The van der Waals surface area contributed by atoms with Crippen LogP contribution in [0, 0.1) is 18.7 Å². The number of amides is 1. The molecule has 1 aromatic heterocycles. The Morgan fingerprint density at radius 1 is 1.00 bits per heavy atom. The quantitative estimate of drug-likeness (QED) is 0.473. The van der Waals surface area contributed by atoms with Crippen molar-refractivity contribution in [3.8, 4) is 0 Å². The molecule has 0 radical (unpaired) electrons. The molecule has 0 spiro atoms. The Bertz CT molecular complexity index is 1210. The Hall–Kier alpha value is -2.99. The zero-order valence-corrected chi connectivity index (χ0v) is 20.6. The molecule has 1 N–H and O–H groups in total. The van der Waals surface area contributed by atoms with E-state index in [1.165, 1.54) is 17.7 Å². The highest BCUT2D eigenvalue weighted by Gasteiger charge is 2.36. The fourth-order valence-corrected chi connectivity index (χ4v) is 5.82. The minimum Gasteiger partial charge on any atom is -0.351 e. The Kier molecular flexibility index (Phi) is 6.74. The van der Waals surface area contributed by atoms with Crippen LogP contribution >= 0.6 is 0 Å². The number of aromatic amines is 1. The molecule has 2 aromatic carbocycles. The van der Waals surface area contributed by atoms with Crippen molar-refractivity contribution in [3.63, 3.8) is 0 Å². The van der Waals surface area contributed by atoms with Crippen LogP contribution in [0.5, 0.6) is 0 Å². The van der Waals surface area contributed by atoms with Gasteiger partial charge in [-0.3, -0.25) is 9.59 Å². The van der Waals surface area contributed by atoms with Crippen molar-refractivity contribution in [1.82, 2.24) is 14.8 Å². The minimum absolute atomic E-state index is 0.00642. The SMILES string of the molecule is Cc1ccc2cc(C(=O)N3C(C)CCC3CCN3CCC(C(=O)c4ccc(F)cc4)CC3)[nH]c2c1. The van der Waals surface area contributed by atoms with Gasteiger partial charge in [0.25, 0.3) is 5.91 Å². The van der Waals surface area contributed by atoms with E-state index in [2.05, 4.69) is 46.8 Å². The summed E-state index contributed by atoms with van der Waals surface area (Å²) in [7, 11) is 0. The van der Waals surface area contributed by atoms with Gasteiger partial charge in [0.05, 0.1) is 0 Å². The van der Waals surface area contributed by atoms with Gasteiger partial charge in [-0.25, -0.2) is 4.39 Å². The van der Waals surface area contributed by atoms with Gasteiger partial charge in [-0.2, -0.15) is 0 Å². The number of hydrogen-bond donors (Lipinski definition) is 1. The normalized spacial score (nSPS) is 21.6.